The molecule has 0 radical (unpaired) electrons. The Balaban J connectivity index is 1.42. The third-order valence-electron chi connectivity index (χ3n) is 5.96. The van der Waals surface area contributed by atoms with Crippen molar-refractivity contribution < 1.29 is 9.53 Å². The first-order chi connectivity index (χ1) is 16.8. The largest absolute Gasteiger partial charge is 0.494 e. The van der Waals surface area contributed by atoms with Gasteiger partial charge in [-0.15, -0.1) is 0 Å². The van der Waals surface area contributed by atoms with Crippen LogP contribution < -0.4 is 10.1 Å². The second kappa shape index (κ2) is 11.3. The summed E-state index contributed by atoms with van der Waals surface area (Å²) in [4.78, 5) is 17.7. The van der Waals surface area contributed by atoms with Crippen molar-refractivity contribution in [3.8, 4) is 5.75 Å². The molecule has 0 bridgehead atoms. The number of carbonyl (C=O) groups is 1. The van der Waals surface area contributed by atoms with E-state index in [1.54, 1.807) is 6.07 Å². The first-order valence-corrected chi connectivity index (χ1v) is 12.9. The highest BCUT2D eigenvalue weighted by atomic mass is 79.9. The van der Waals surface area contributed by atoms with E-state index in [-0.39, 0.29) is 11.9 Å². The van der Waals surface area contributed by atoms with Gasteiger partial charge in [0.05, 0.1) is 23.7 Å². The van der Waals surface area contributed by atoms with Crippen LogP contribution in [0.2, 0.25) is 5.02 Å². The number of unbranched alkanes of at least 4 members (excludes halogenated alkanes) is 1. The van der Waals surface area contributed by atoms with Gasteiger partial charge in [0, 0.05) is 21.6 Å². The normalized spacial score (nSPS) is 12.0. The molecule has 1 unspecified atom stereocenters. The predicted molar refractivity (Wildman–Crippen MR) is 145 cm³/mol. The van der Waals surface area contributed by atoms with Crippen LogP contribution >= 0.6 is 27.5 Å². The van der Waals surface area contributed by atoms with Crippen LogP contribution in [0.4, 0.5) is 0 Å². The first-order valence-electron chi connectivity index (χ1n) is 11.7. The Kier molecular flexibility index (Phi) is 8.14. The molecular weight excluding hydrogens is 526 g/mol. The maximum absolute atomic E-state index is 12.8. The van der Waals surface area contributed by atoms with E-state index in [4.69, 9.17) is 21.3 Å². The van der Waals surface area contributed by atoms with E-state index in [2.05, 4.69) is 31.9 Å². The van der Waals surface area contributed by atoms with Gasteiger partial charge in [-0.25, -0.2) is 4.98 Å². The number of aromatic nitrogens is 2. The fourth-order valence-electron chi connectivity index (χ4n) is 4.19. The van der Waals surface area contributed by atoms with Crippen LogP contribution in [0.3, 0.4) is 0 Å². The molecule has 0 aliphatic rings. The number of imidazole rings is 1. The molecule has 0 saturated heterocycles. The van der Waals surface area contributed by atoms with E-state index < -0.39 is 0 Å². The predicted octanol–water partition coefficient (Wildman–Crippen LogP) is 7.42. The van der Waals surface area contributed by atoms with Crippen molar-refractivity contribution >= 4 is 44.5 Å². The Morgan fingerprint density at radius 3 is 2.57 bits per heavy atom. The third-order valence-corrected chi connectivity index (χ3v) is 7.05. The van der Waals surface area contributed by atoms with Crippen molar-refractivity contribution in [2.45, 2.75) is 46.2 Å². The summed E-state index contributed by atoms with van der Waals surface area (Å²) in [5.41, 5.74) is 4.65. The summed E-state index contributed by atoms with van der Waals surface area (Å²) in [7, 11) is 0. The molecule has 1 amide bonds. The molecule has 35 heavy (non-hydrogen) atoms. The van der Waals surface area contributed by atoms with E-state index >= 15 is 0 Å². The lowest BCUT2D eigenvalue weighted by Crippen LogP contribution is -2.28. The minimum atomic E-state index is -0.245. The topological polar surface area (TPSA) is 56.1 Å². The summed E-state index contributed by atoms with van der Waals surface area (Å²) in [6.45, 7) is 7.36. The number of aryl methyl sites for hydroxylation is 3. The van der Waals surface area contributed by atoms with E-state index in [0.29, 0.717) is 12.2 Å². The van der Waals surface area contributed by atoms with Crippen LogP contribution in [-0.2, 0) is 6.54 Å². The number of hydrogen-bond donors (Lipinski definition) is 1. The van der Waals surface area contributed by atoms with Crippen molar-refractivity contribution in [1.29, 1.82) is 0 Å². The zero-order valence-corrected chi connectivity index (χ0v) is 22.5. The third kappa shape index (κ3) is 6.06. The number of nitrogens with zero attached hydrogens (tertiary/aromatic N) is 2. The molecule has 0 aliphatic carbocycles. The highest BCUT2D eigenvalue weighted by Gasteiger charge is 2.19. The Hall–Kier alpha value is -2.83. The maximum Gasteiger partial charge on any atom is 0.251 e. The smallest absolute Gasteiger partial charge is 0.251 e. The van der Waals surface area contributed by atoms with Gasteiger partial charge in [-0.05, 0) is 87.2 Å². The number of hydrogen-bond acceptors (Lipinski definition) is 3. The lowest BCUT2D eigenvalue weighted by atomic mass is 10.1. The summed E-state index contributed by atoms with van der Waals surface area (Å²) in [6, 6.07) is 19.2. The van der Waals surface area contributed by atoms with E-state index in [1.807, 2.05) is 69.3 Å². The molecule has 4 rings (SSSR count). The van der Waals surface area contributed by atoms with Crippen LogP contribution in [0.15, 0.2) is 65.1 Å². The molecule has 3 aromatic carbocycles. The summed E-state index contributed by atoms with van der Waals surface area (Å²) in [5.74, 6) is 1.57. The van der Waals surface area contributed by atoms with E-state index in [0.717, 1.165) is 62.6 Å². The average Bonchev–Trinajstić information content (AvgIpc) is 3.21. The number of rotatable bonds is 9. The van der Waals surface area contributed by atoms with Gasteiger partial charge in [0.1, 0.15) is 11.6 Å². The summed E-state index contributed by atoms with van der Waals surface area (Å²) >= 11 is 9.69. The van der Waals surface area contributed by atoms with Crippen LogP contribution in [-0.4, -0.2) is 22.1 Å². The Bertz CT molecular complexity index is 1330. The number of halogens is 2. The number of benzene rings is 3. The van der Waals surface area contributed by atoms with Crippen molar-refractivity contribution in [2.75, 3.05) is 6.61 Å². The lowest BCUT2D eigenvalue weighted by Gasteiger charge is -2.17. The molecule has 0 spiro atoms. The molecule has 182 valence electrons. The molecule has 1 atom stereocenters. The molecule has 0 fully saturated rings. The number of fused-ring (bicyclic) bond motifs is 1. The molecule has 0 aliphatic heterocycles. The fourth-order valence-corrected chi connectivity index (χ4v) is 4.69. The van der Waals surface area contributed by atoms with Gasteiger partial charge in [0.25, 0.3) is 5.91 Å². The Morgan fingerprint density at radius 1 is 1.09 bits per heavy atom. The molecule has 7 heteroatoms. The summed E-state index contributed by atoms with van der Waals surface area (Å²) in [5, 5.41) is 3.89. The average molecular weight is 555 g/mol. The number of nitrogens with one attached hydrogen (secondary N) is 1. The van der Waals surface area contributed by atoms with Gasteiger partial charge >= 0.3 is 0 Å². The second-order valence-electron chi connectivity index (χ2n) is 8.74. The monoisotopic (exact) mass is 553 g/mol. The van der Waals surface area contributed by atoms with Crippen LogP contribution in [0.1, 0.15) is 53.1 Å². The molecule has 1 N–H and O–H groups in total. The number of amides is 1. The Morgan fingerprint density at radius 2 is 1.83 bits per heavy atom. The zero-order chi connectivity index (χ0) is 24.9. The molecule has 1 aromatic heterocycles. The summed E-state index contributed by atoms with van der Waals surface area (Å²) in [6.07, 6.45) is 1.82. The maximum atomic E-state index is 12.8. The van der Waals surface area contributed by atoms with Crippen LogP contribution in [0, 0.1) is 13.8 Å². The van der Waals surface area contributed by atoms with Gasteiger partial charge in [-0.3, -0.25) is 4.79 Å². The van der Waals surface area contributed by atoms with E-state index in [1.165, 1.54) is 0 Å². The minimum absolute atomic E-state index is 0.126. The van der Waals surface area contributed by atoms with Crippen molar-refractivity contribution in [3.63, 3.8) is 0 Å². The Labute approximate surface area is 219 Å². The molecule has 1 heterocycles. The first kappa shape index (κ1) is 25.3. The summed E-state index contributed by atoms with van der Waals surface area (Å²) < 4.78 is 9.05. The van der Waals surface area contributed by atoms with Gasteiger partial charge in [0.15, 0.2) is 0 Å². The van der Waals surface area contributed by atoms with Gasteiger partial charge in [0.2, 0.25) is 0 Å². The second-order valence-corrected chi connectivity index (χ2v) is 10.0. The number of para-hydroxylation sites is 2. The van der Waals surface area contributed by atoms with Crippen molar-refractivity contribution in [1.82, 2.24) is 14.9 Å². The minimum Gasteiger partial charge on any atom is -0.494 e. The van der Waals surface area contributed by atoms with Crippen LogP contribution in [0.5, 0.6) is 5.75 Å². The molecule has 5 nitrogen and oxygen atoms in total. The van der Waals surface area contributed by atoms with E-state index in [9.17, 15) is 4.79 Å². The quantitative estimate of drug-likeness (QED) is 0.219. The molecule has 0 saturated carbocycles. The standard InChI is InChI=1S/C28H29BrClN3O2/c1-18-15-23(16-19(2)26(18)30)35-14-7-6-13-33-25-12-5-4-11-24(25)32-27(33)20(3)31-28(34)21-9-8-10-22(29)17-21/h4-5,8-12,15-17,20H,6-7,13-14H2,1-3H3,(H,31,34). The molecular formula is C28H29BrClN3O2. The SMILES string of the molecule is Cc1cc(OCCCCn2c(C(C)NC(=O)c3cccc(Br)c3)nc3ccccc32)cc(C)c1Cl. The fraction of sp³-hybridized carbons (Fsp3) is 0.286. The van der Waals surface area contributed by atoms with Gasteiger partial charge < -0.3 is 14.6 Å². The van der Waals surface area contributed by atoms with Crippen LogP contribution in [0.25, 0.3) is 11.0 Å². The van der Waals surface area contributed by atoms with Gasteiger partial charge in [-0.1, -0.05) is 45.7 Å². The highest BCUT2D eigenvalue weighted by molar-refractivity contribution is 9.10. The highest BCUT2D eigenvalue weighted by Crippen LogP contribution is 2.26. The lowest BCUT2D eigenvalue weighted by molar-refractivity contribution is 0.0937. The molecule has 4 aromatic rings. The zero-order valence-electron chi connectivity index (χ0n) is 20.1. The van der Waals surface area contributed by atoms with Crippen molar-refractivity contribution in [3.05, 3.63) is 92.7 Å². The van der Waals surface area contributed by atoms with Gasteiger partial charge in [-0.2, -0.15) is 0 Å². The number of carbonyl (C=O) groups excluding carboxylic acids is 1. The number of ether oxygens (including phenoxy) is 1. The van der Waals surface area contributed by atoms with Crippen molar-refractivity contribution in [2.24, 2.45) is 0 Å².